The molecule has 10 heavy (non-hydrogen) atoms. The Balaban J connectivity index is 3.21. The molecule has 0 aliphatic heterocycles. The first kappa shape index (κ1) is 7.16. The quantitative estimate of drug-likeness (QED) is 0.660. The zero-order chi connectivity index (χ0) is 7.56. The van der Waals surface area contributed by atoms with E-state index in [0.717, 1.165) is 0 Å². The van der Waals surface area contributed by atoms with Gasteiger partial charge in [-0.2, -0.15) is 0 Å². The van der Waals surface area contributed by atoms with Crippen LogP contribution in [0.2, 0.25) is 5.02 Å². The van der Waals surface area contributed by atoms with Crippen molar-refractivity contribution in [3.8, 4) is 5.75 Å². The van der Waals surface area contributed by atoms with Gasteiger partial charge in [-0.05, 0) is 18.2 Å². The zero-order valence-corrected chi connectivity index (χ0v) is 6.10. The number of aromatic hydroxyl groups is 1. The SMILES string of the molecule is C=Cc1cc(Cl)ccc1O. The van der Waals surface area contributed by atoms with Crippen molar-refractivity contribution in [2.24, 2.45) is 0 Å². The molecule has 1 nitrogen and oxygen atoms in total. The summed E-state index contributed by atoms with van der Waals surface area (Å²) in [6, 6.07) is 4.83. The molecule has 0 aliphatic rings. The second kappa shape index (κ2) is 2.76. The van der Waals surface area contributed by atoms with E-state index in [2.05, 4.69) is 6.58 Å². The van der Waals surface area contributed by atoms with Crippen LogP contribution in [0, 0.1) is 0 Å². The van der Waals surface area contributed by atoms with E-state index in [0.29, 0.717) is 10.6 Å². The second-order valence-electron chi connectivity index (χ2n) is 1.91. The van der Waals surface area contributed by atoms with E-state index in [1.54, 1.807) is 24.3 Å². The normalized spacial score (nSPS) is 9.30. The van der Waals surface area contributed by atoms with E-state index in [1.807, 2.05) is 0 Å². The van der Waals surface area contributed by atoms with Crippen molar-refractivity contribution in [1.29, 1.82) is 0 Å². The Hall–Kier alpha value is -0.950. The van der Waals surface area contributed by atoms with E-state index in [-0.39, 0.29) is 5.75 Å². The Morgan fingerprint density at radius 3 is 2.70 bits per heavy atom. The van der Waals surface area contributed by atoms with Crippen molar-refractivity contribution in [2.75, 3.05) is 0 Å². The van der Waals surface area contributed by atoms with E-state index >= 15 is 0 Å². The highest BCUT2D eigenvalue weighted by Gasteiger charge is 1.95. The number of hydrogen-bond acceptors (Lipinski definition) is 1. The average Bonchev–Trinajstić information content (AvgIpc) is 1.94. The maximum absolute atomic E-state index is 9.11. The van der Waals surface area contributed by atoms with Gasteiger partial charge in [-0.25, -0.2) is 0 Å². The standard InChI is InChI=1S/C8H7ClO/c1-2-6-5-7(9)3-4-8(6)10/h2-5,10H,1H2. The van der Waals surface area contributed by atoms with Crippen molar-refractivity contribution in [1.82, 2.24) is 0 Å². The molecule has 1 aromatic carbocycles. The zero-order valence-electron chi connectivity index (χ0n) is 5.34. The number of phenolic OH excluding ortho intramolecular Hbond substituents is 1. The van der Waals surface area contributed by atoms with Gasteiger partial charge < -0.3 is 5.11 Å². The fourth-order valence-electron chi connectivity index (χ4n) is 0.689. The van der Waals surface area contributed by atoms with Gasteiger partial charge in [-0.1, -0.05) is 24.3 Å². The van der Waals surface area contributed by atoms with E-state index in [1.165, 1.54) is 0 Å². The third-order valence-electron chi connectivity index (χ3n) is 1.21. The first-order chi connectivity index (χ1) is 4.74. The third kappa shape index (κ3) is 1.31. The van der Waals surface area contributed by atoms with Crippen LogP contribution < -0.4 is 0 Å². The van der Waals surface area contributed by atoms with E-state index in [9.17, 15) is 0 Å². The van der Waals surface area contributed by atoms with Crippen LogP contribution in [0.15, 0.2) is 24.8 Å². The van der Waals surface area contributed by atoms with Crippen molar-refractivity contribution < 1.29 is 5.11 Å². The van der Waals surface area contributed by atoms with Gasteiger partial charge in [-0.3, -0.25) is 0 Å². The summed E-state index contributed by atoms with van der Waals surface area (Å²) in [6.45, 7) is 3.51. The highest BCUT2D eigenvalue weighted by Crippen LogP contribution is 2.21. The van der Waals surface area contributed by atoms with Gasteiger partial charge in [-0.15, -0.1) is 0 Å². The molecule has 0 aliphatic carbocycles. The number of benzene rings is 1. The van der Waals surface area contributed by atoms with Gasteiger partial charge in [0.1, 0.15) is 5.75 Å². The Kier molecular flexibility index (Phi) is 1.97. The molecule has 1 rings (SSSR count). The minimum Gasteiger partial charge on any atom is -0.507 e. The minimum absolute atomic E-state index is 0.208. The molecule has 0 saturated carbocycles. The Bertz CT molecular complexity index is 255. The van der Waals surface area contributed by atoms with Gasteiger partial charge in [0, 0.05) is 10.6 Å². The molecule has 0 radical (unpaired) electrons. The number of phenols is 1. The van der Waals surface area contributed by atoms with Crippen LogP contribution in [0.3, 0.4) is 0 Å². The summed E-state index contributed by atoms with van der Waals surface area (Å²) >= 11 is 5.64. The molecule has 0 aromatic heterocycles. The summed E-state index contributed by atoms with van der Waals surface area (Å²) in [5.74, 6) is 0.208. The van der Waals surface area contributed by atoms with Crippen LogP contribution in [-0.2, 0) is 0 Å². The Labute approximate surface area is 64.6 Å². The lowest BCUT2D eigenvalue weighted by Gasteiger charge is -1.97. The first-order valence-corrected chi connectivity index (χ1v) is 3.23. The molecule has 2 heteroatoms. The summed E-state index contributed by atoms with van der Waals surface area (Å²) in [5.41, 5.74) is 0.660. The fourth-order valence-corrected chi connectivity index (χ4v) is 0.869. The predicted molar refractivity (Wildman–Crippen MR) is 43.2 cm³/mol. The largest absolute Gasteiger partial charge is 0.507 e. The van der Waals surface area contributed by atoms with Crippen molar-refractivity contribution >= 4 is 17.7 Å². The van der Waals surface area contributed by atoms with Crippen LogP contribution in [0.1, 0.15) is 5.56 Å². The summed E-state index contributed by atoms with van der Waals surface area (Å²) in [7, 11) is 0. The molecule has 0 amide bonds. The minimum atomic E-state index is 0.208. The fraction of sp³-hybridized carbons (Fsp3) is 0. The van der Waals surface area contributed by atoms with E-state index in [4.69, 9.17) is 16.7 Å². The number of rotatable bonds is 1. The molecule has 0 atom stereocenters. The topological polar surface area (TPSA) is 20.2 Å². The highest BCUT2D eigenvalue weighted by atomic mass is 35.5. The van der Waals surface area contributed by atoms with Crippen LogP contribution in [0.4, 0.5) is 0 Å². The van der Waals surface area contributed by atoms with Gasteiger partial charge in [0.25, 0.3) is 0 Å². The number of halogens is 1. The summed E-state index contributed by atoms with van der Waals surface area (Å²) in [5, 5.41) is 9.71. The molecule has 0 saturated heterocycles. The summed E-state index contributed by atoms with van der Waals surface area (Å²) in [6.07, 6.45) is 1.56. The molecular weight excluding hydrogens is 148 g/mol. The molecule has 0 unspecified atom stereocenters. The molecule has 1 N–H and O–H groups in total. The van der Waals surface area contributed by atoms with Crippen LogP contribution in [0.25, 0.3) is 6.08 Å². The van der Waals surface area contributed by atoms with Crippen molar-refractivity contribution in [2.45, 2.75) is 0 Å². The lowest BCUT2D eigenvalue weighted by Crippen LogP contribution is -1.72. The van der Waals surface area contributed by atoms with Gasteiger partial charge in [0.15, 0.2) is 0 Å². The van der Waals surface area contributed by atoms with Crippen LogP contribution in [0.5, 0.6) is 5.75 Å². The summed E-state index contributed by atoms with van der Waals surface area (Å²) < 4.78 is 0. The molecule has 52 valence electrons. The first-order valence-electron chi connectivity index (χ1n) is 2.85. The monoisotopic (exact) mass is 154 g/mol. The van der Waals surface area contributed by atoms with Crippen molar-refractivity contribution in [3.05, 3.63) is 35.4 Å². The highest BCUT2D eigenvalue weighted by molar-refractivity contribution is 6.30. The summed E-state index contributed by atoms with van der Waals surface area (Å²) in [4.78, 5) is 0. The molecule has 0 heterocycles. The molecule has 1 aromatic rings. The van der Waals surface area contributed by atoms with Gasteiger partial charge in [0.05, 0.1) is 0 Å². The lowest BCUT2D eigenvalue weighted by atomic mass is 10.2. The van der Waals surface area contributed by atoms with Crippen LogP contribution >= 0.6 is 11.6 Å². The maximum Gasteiger partial charge on any atom is 0.122 e. The Morgan fingerprint density at radius 1 is 1.50 bits per heavy atom. The maximum atomic E-state index is 9.11. The van der Waals surface area contributed by atoms with Crippen molar-refractivity contribution in [3.63, 3.8) is 0 Å². The Morgan fingerprint density at radius 2 is 2.20 bits per heavy atom. The average molecular weight is 155 g/mol. The number of hydrogen-bond donors (Lipinski definition) is 1. The molecule has 0 fully saturated rings. The van der Waals surface area contributed by atoms with Gasteiger partial charge >= 0.3 is 0 Å². The molecular formula is C8H7ClO. The predicted octanol–water partition coefficient (Wildman–Crippen LogP) is 2.69. The second-order valence-corrected chi connectivity index (χ2v) is 2.34. The van der Waals surface area contributed by atoms with Gasteiger partial charge in [0.2, 0.25) is 0 Å². The smallest absolute Gasteiger partial charge is 0.122 e. The lowest BCUT2D eigenvalue weighted by molar-refractivity contribution is 0.474. The molecule has 0 bridgehead atoms. The third-order valence-corrected chi connectivity index (χ3v) is 1.44. The van der Waals surface area contributed by atoms with E-state index < -0.39 is 0 Å². The van der Waals surface area contributed by atoms with Crippen LogP contribution in [-0.4, -0.2) is 5.11 Å². The molecule has 0 spiro atoms.